The van der Waals surface area contributed by atoms with Gasteiger partial charge in [0.1, 0.15) is 0 Å². The summed E-state index contributed by atoms with van der Waals surface area (Å²) in [6.45, 7) is 2.22. The minimum atomic E-state index is 0.0971. The van der Waals surface area contributed by atoms with Gasteiger partial charge in [0.05, 0.1) is 23.7 Å². The molecule has 6 heteroatoms. The Morgan fingerprint density at radius 1 is 1.32 bits per heavy atom. The zero-order valence-corrected chi connectivity index (χ0v) is 15.3. The van der Waals surface area contributed by atoms with Crippen molar-refractivity contribution in [2.24, 2.45) is 0 Å². The van der Waals surface area contributed by atoms with Crippen molar-refractivity contribution >= 4 is 17.2 Å². The first-order valence-electron chi connectivity index (χ1n) is 9.29. The van der Waals surface area contributed by atoms with Crippen molar-refractivity contribution in [1.29, 1.82) is 0 Å². The van der Waals surface area contributed by atoms with E-state index in [0.717, 1.165) is 49.3 Å². The molecule has 1 aliphatic carbocycles. The largest absolute Gasteiger partial charge is 0.394 e. The number of aliphatic hydroxyl groups excluding tert-OH is 1. The number of piperidine rings is 1. The summed E-state index contributed by atoms with van der Waals surface area (Å²) < 4.78 is 1.78. The van der Waals surface area contributed by atoms with Crippen LogP contribution in [0.25, 0.3) is 0 Å². The third-order valence-electron chi connectivity index (χ3n) is 5.42. The van der Waals surface area contributed by atoms with E-state index in [9.17, 15) is 4.79 Å². The van der Waals surface area contributed by atoms with E-state index in [2.05, 4.69) is 10.5 Å². The molecule has 1 amide bonds. The number of aryl methyl sites for hydroxylation is 1. The summed E-state index contributed by atoms with van der Waals surface area (Å²) >= 11 is 1.64. The van der Waals surface area contributed by atoms with E-state index in [0.29, 0.717) is 12.5 Å². The minimum Gasteiger partial charge on any atom is -0.394 e. The Hall–Kier alpha value is -1.66. The first kappa shape index (κ1) is 16.8. The quantitative estimate of drug-likeness (QED) is 0.913. The van der Waals surface area contributed by atoms with E-state index in [1.54, 1.807) is 16.0 Å². The van der Waals surface area contributed by atoms with Gasteiger partial charge in [-0.25, -0.2) is 0 Å². The van der Waals surface area contributed by atoms with E-state index in [-0.39, 0.29) is 12.5 Å². The van der Waals surface area contributed by atoms with Gasteiger partial charge in [-0.3, -0.25) is 9.48 Å². The molecule has 5 nitrogen and oxygen atoms in total. The van der Waals surface area contributed by atoms with E-state index in [1.165, 1.54) is 24.0 Å². The molecule has 4 rings (SSSR count). The van der Waals surface area contributed by atoms with Crippen molar-refractivity contribution in [3.8, 4) is 0 Å². The normalized spacial score (nSPS) is 20.5. The molecule has 25 heavy (non-hydrogen) atoms. The molecule has 0 spiro atoms. The van der Waals surface area contributed by atoms with Gasteiger partial charge in [-0.15, -0.1) is 11.3 Å². The Bertz CT molecular complexity index is 752. The molecule has 1 fully saturated rings. The number of carbonyl (C=O) groups excluding carboxylic acids is 1. The van der Waals surface area contributed by atoms with Crippen LogP contribution in [0, 0.1) is 0 Å². The minimum absolute atomic E-state index is 0.0971. The fraction of sp³-hybridized carbons (Fsp3) is 0.579. The van der Waals surface area contributed by atoms with E-state index >= 15 is 0 Å². The second-order valence-electron chi connectivity index (χ2n) is 7.09. The van der Waals surface area contributed by atoms with Gasteiger partial charge in [-0.1, -0.05) is 0 Å². The zero-order valence-electron chi connectivity index (χ0n) is 14.5. The molecule has 1 atom stereocenters. The molecular weight excluding hydrogens is 334 g/mol. The van der Waals surface area contributed by atoms with Crippen LogP contribution in [0.5, 0.6) is 0 Å². The highest BCUT2D eigenvalue weighted by Crippen LogP contribution is 2.33. The van der Waals surface area contributed by atoms with Gasteiger partial charge in [0.2, 0.25) is 0 Å². The summed E-state index contributed by atoms with van der Waals surface area (Å²) in [7, 11) is 0. The van der Waals surface area contributed by atoms with Gasteiger partial charge < -0.3 is 10.0 Å². The topological polar surface area (TPSA) is 58.4 Å². The molecule has 0 saturated carbocycles. The van der Waals surface area contributed by atoms with Crippen LogP contribution in [0.1, 0.15) is 58.1 Å². The maximum absolute atomic E-state index is 13.1. The molecule has 1 unspecified atom stereocenters. The lowest BCUT2D eigenvalue weighted by molar-refractivity contribution is 0.0709. The van der Waals surface area contributed by atoms with Crippen molar-refractivity contribution < 1.29 is 9.90 Å². The van der Waals surface area contributed by atoms with Crippen molar-refractivity contribution in [3.05, 3.63) is 39.3 Å². The van der Waals surface area contributed by atoms with Crippen LogP contribution in [0.2, 0.25) is 0 Å². The first-order chi connectivity index (χ1) is 12.3. The Kier molecular flexibility index (Phi) is 4.90. The monoisotopic (exact) mass is 359 g/mol. The molecule has 0 radical (unpaired) electrons. The van der Waals surface area contributed by atoms with Gasteiger partial charge >= 0.3 is 0 Å². The standard InChI is InChI=1S/C19H25N3O2S/c23-11-10-22-9-7-17(20-22)14-5-3-8-21(12-14)19(24)18-16-6-2-1-4-15(16)13-25-18/h7,9,13-14,23H,1-6,8,10-12H2. The van der Waals surface area contributed by atoms with Crippen molar-refractivity contribution in [1.82, 2.24) is 14.7 Å². The van der Waals surface area contributed by atoms with Crippen molar-refractivity contribution in [3.63, 3.8) is 0 Å². The second kappa shape index (κ2) is 7.30. The average Bonchev–Trinajstić information content (AvgIpc) is 3.29. The summed E-state index contributed by atoms with van der Waals surface area (Å²) in [6.07, 6.45) is 8.66. The Morgan fingerprint density at radius 2 is 2.20 bits per heavy atom. The zero-order chi connectivity index (χ0) is 17.2. The number of thiophene rings is 1. The first-order valence-corrected chi connectivity index (χ1v) is 10.2. The number of hydrogen-bond acceptors (Lipinski definition) is 4. The number of rotatable bonds is 4. The predicted molar refractivity (Wildman–Crippen MR) is 98.2 cm³/mol. The molecule has 3 heterocycles. The second-order valence-corrected chi connectivity index (χ2v) is 7.97. The Balaban J connectivity index is 1.48. The molecule has 0 bridgehead atoms. The van der Waals surface area contributed by atoms with Crippen LogP contribution in [0.3, 0.4) is 0 Å². The van der Waals surface area contributed by atoms with E-state index in [1.807, 2.05) is 17.2 Å². The molecule has 1 N–H and O–H groups in total. The highest BCUT2D eigenvalue weighted by Gasteiger charge is 2.29. The van der Waals surface area contributed by atoms with Crippen LogP contribution in [0.15, 0.2) is 17.6 Å². The number of aromatic nitrogens is 2. The Labute approximate surface area is 152 Å². The predicted octanol–water partition coefficient (Wildman–Crippen LogP) is 2.84. The SMILES string of the molecule is O=C(c1scc2c1CCCC2)N1CCCC(c2ccn(CCO)n2)C1. The third-order valence-corrected chi connectivity index (χ3v) is 6.47. The summed E-state index contributed by atoms with van der Waals surface area (Å²) in [5.74, 6) is 0.515. The number of hydrogen-bond donors (Lipinski definition) is 1. The Morgan fingerprint density at radius 3 is 3.08 bits per heavy atom. The van der Waals surface area contributed by atoms with Crippen molar-refractivity contribution in [2.45, 2.75) is 51.0 Å². The molecule has 2 aromatic rings. The highest BCUT2D eigenvalue weighted by molar-refractivity contribution is 7.12. The van der Waals surface area contributed by atoms with Crippen molar-refractivity contribution in [2.75, 3.05) is 19.7 Å². The third kappa shape index (κ3) is 3.37. The molecule has 1 aliphatic heterocycles. The smallest absolute Gasteiger partial charge is 0.264 e. The van der Waals surface area contributed by atoms with Crippen LogP contribution >= 0.6 is 11.3 Å². The van der Waals surface area contributed by atoms with Gasteiger partial charge in [-0.2, -0.15) is 5.10 Å². The maximum Gasteiger partial charge on any atom is 0.264 e. The number of amides is 1. The molecule has 1 saturated heterocycles. The lowest BCUT2D eigenvalue weighted by atomic mass is 9.92. The number of fused-ring (bicyclic) bond motifs is 1. The van der Waals surface area contributed by atoms with Crippen LogP contribution < -0.4 is 0 Å². The maximum atomic E-state index is 13.1. The summed E-state index contributed by atoms with van der Waals surface area (Å²) in [5.41, 5.74) is 3.76. The lowest BCUT2D eigenvalue weighted by Crippen LogP contribution is -2.39. The van der Waals surface area contributed by atoms with Gasteiger partial charge in [0.15, 0.2) is 0 Å². The number of carbonyl (C=O) groups is 1. The van der Waals surface area contributed by atoms with Crippen LogP contribution in [-0.2, 0) is 19.4 Å². The molecular formula is C19H25N3O2S. The molecule has 2 aromatic heterocycles. The molecule has 2 aliphatic rings. The fourth-order valence-electron chi connectivity index (χ4n) is 4.07. The number of aliphatic hydroxyl groups is 1. The fourth-order valence-corrected chi connectivity index (χ4v) is 5.19. The number of nitrogens with zero attached hydrogens (tertiary/aromatic N) is 3. The average molecular weight is 359 g/mol. The number of likely N-dealkylation sites (tertiary alicyclic amines) is 1. The van der Waals surface area contributed by atoms with Gasteiger partial charge in [-0.05, 0) is 61.1 Å². The summed E-state index contributed by atoms with van der Waals surface area (Å²) in [4.78, 5) is 16.1. The lowest BCUT2D eigenvalue weighted by Gasteiger charge is -2.32. The van der Waals surface area contributed by atoms with E-state index < -0.39 is 0 Å². The van der Waals surface area contributed by atoms with Crippen LogP contribution in [0.4, 0.5) is 0 Å². The van der Waals surface area contributed by atoms with Gasteiger partial charge in [0.25, 0.3) is 5.91 Å². The van der Waals surface area contributed by atoms with E-state index in [4.69, 9.17) is 5.11 Å². The highest BCUT2D eigenvalue weighted by atomic mass is 32.1. The van der Waals surface area contributed by atoms with Gasteiger partial charge in [0, 0.05) is 25.2 Å². The van der Waals surface area contributed by atoms with Crippen LogP contribution in [-0.4, -0.2) is 45.4 Å². The summed E-state index contributed by atoms with van der Waals surface area (Å²) in [6, 6.07) is 2.03. The molecule has 0 aromatic carbocycles. The summed E-state index contributed by atoms with van der Waals surface area (Å²) in [5, 5.41) is 15.8. The molecule has 134 valence electrons.